The lowest BCUT2D eigenvalue weighted by atomic mass is 10.1. The maximum atomic E-state index is 3.47. The Hall–Kier alpha value is -0.470. The normalized spacial score (nSPS) is 16.7. The van der Waals surface area contributed by atoms with Gasteiger partial charge in [-0.2, -0.15) is 0 Å². The van der Waals surface area contributed by atoms with Crippen LogP contribution < -0.4 is 5.32 Å². The van der Waals surface area contributed by atoms with Crippen LogP contribution in [0.25, 0.3) is 0 Å². The van der Waals surface area contributed by atoms with Crippen LogP contribution in [-0.4, -0.2) is 11.3 Å². The Balaban J connectivity index is 1.95. The zero-order valence-corrected chi connectivity index (χ0v) is 12.6. The van der Waals surface area contributed by atoms with E-state index in [0.717, 1.165) is 11.8 Å². The van der Waals surface area contributed by atoms with Gasteiger partial charge in [0.15, 0.2) is 0 Å². The molecule has 1 aromatic carbocycles. The molecular formula is C16H25NS. The first-order valence-corrected chi connectivity index (χ1v) is 8.02. The number of hydrogen-bond acceptors (Lipinski definition) is 2. The topological polar surface area (TPSA) is 12.0 Å². The summed E-state index contributed by atoms with van der Waals surface area (Å²) in [7, 11) is 0. The van der Waals surface area contributed by atoms with Crippen molar-refractivity contribution in [2.45, 2.75) is 69.2 Å². The molecule has 0 radical (unpaired) electrons. The molecule has 100 valence electrons. The third-order valence-electron chi connectivity index (χ3n) is 3.55. The molecule has 0 aliphatic heterocycles. The van der Waals surface area contributed by atoms with Gasteiger partial charge in [0.05, 0.1) is 0 Å². The Kier molecular flexibility index (Phi) is 5.13. The summed E-state index contributed by atoms with van der Waals surface area (Å²) in [5.41, 5.74) is 2.84. The smallest absolute Gasteiger partial charge is 0.0207 e. The largest absolute Gasteiger partial charge is 0.310 e. The Morgan fingerprint density at radius 2 is 2.00 bits per heavy atom. The first kappa shape index (κ1) is 14.0. The molecule has 1 aliphatic rings. The van der Waals surface area contributed by atoms with E-state index in [1.54, 1.807) is 0 Å². The Bertz CT molecular complexity index is 381. The van der Waals surface area contributed by atoms with Gasteiger partial charge in [0.25, 0.3) is 0 Å². The molecule has 0 saturated heterocycles. The van der Waals surface area contributed by atoms with Crippen LogP contribution in [0.15, 0.2) is 23.1 Å². The lowest BCUT2D eigenvalue weighted by molar-refractivity contribution is 0.588. The molecule has 2 heteroatoms. The van der Waals surface area contributed by atoms with Crippen LogP contribution in [0, 0.1) is 6.92 Å². The van der Waals surface area contributed by atoms with Crippen LogP contribution in [0.2, 0.25) is 0 Å². The lowest BCUT2D eigenvalue weighted by Crippen LogP contribution is -2.21. The molecule has 1 N–H and O–H groups in total. The molecule has 1 saturated carbocycles. The van der Waals surface area contributed by atoms with Gasteiger partial charge in [0.1, 0.15) is 0 Å². The summed E-state index contributed by atoms with van der Waals surface area (Å²) < 4.78 is 0. The van der Waals surface area contributed by atoms with Gasteiger partial charge in [-0.1, -0.05) is 38.8 Å². The third-order valence-corrected chi connectivity index (χ3v) is 5.07. The first-order valence-electron chi connectivity index (χ1n) is 7.14. The average molecular weight is 263 g/mol. The zero-order valence-electron chi connectivity index (χ0n) is 11.8. The van der Waals surface area contributed by atoms with Gasteiger partial charge >= 0.3 is 0 Å². The molecule has 18 heavy (non-hydrogen) atoms. The summed E-state index contributed by atoms with van der Waals surface area (Å²) in [4.78, 5) is 1.48. The minimum absolute atomic E-state index is 0.554. The van der Waals surface area contributed by atoms with Crippen molar-refractivity contribution in [3.8, 4) is 0 Å². The SMILES string of the molecule is Cc1cc(CNC(C)C)ccc1SC1CCCC1. The van der Waals surface area contributed by atoms with Crippen LogP contribution in [0.4, 0.5) is 0 Å². The molecule has 2 rings (SSSR count). The average Bonchev–Trinajstić information content (AvgIpc) is 2.82. The highest BCUT2D eigenvalue weighted by molar-refractivity contribution is 8.00. The molecular weight excluding hydrogens is 238 g/mol. The van der Waals surface area contributed by atoms with Crippen molar-refractivity contribution in [2.75, 3.05) is 0 Å². The van der Waals surface area contributed by atoms with Crippen LogP contribution in [0.1, 0.15) is 50.7 Å². The van der Waals surface area contributed by atoms with Gasteiger partial charge in [-0.25, -0.2) is 0 Å². The second-order valence-electron chi connectivity index (χ2n) is 5.66. The molecule has 1 nitrogen and oxygen atoms in total. The number of nitrogens with one attached hydrogen (secondary N) is 1. The highest BCUT2D eigenvalue weighted by atomic mass is 32.2. The van der Waals surface area contributed by atoms with Gasteiger partial charge in [-0.05, 0) is 37.0 Å². The highest BCUT2D eigenvalue weighted by Gasteiger charge is 2.16. The van der Waals surface area contributed by atoms with Gasteiger partial charge in [0, 0.05) is 22.7 Å². The first-order chi connectivity index (χ1) is 8.65. The van der Waals surface area contributed by atoms with Crippen molar-refractivity contribution >= 4 is 11.8 Å². The van der Waals surface area contributed by atoms with E-state index in [2.05, 4.69) is 56.0 Å². The number of benzene rings is 1. The predicted molar refractivity (Wildman–Crippen MR) is 81.3 cm³/mol. The van der Waals surface area contributed by atoms with Crippen molar-refractivity contribution in [3.05, 3.63) is 29.3 Å². The molecule has 1 aliphatic carbocycles. The maximum Gasteiger partial charge on any atom is 0.0207 e. The Labute approximate surface area is 116 Å². The molecule has 0 unspecified atom stereocenters. The number of aryl methyl sites for hydroxylation is 1. The molecule has 0 atom stereocenters. The van der Waals surface area contributed by atoms with Crippen LogP contribution in [-0.2, 0) is 6.54 Å². The van der Waals surface area contributed by atoms with Crippen LogP contribution in [0.3, 0.4) is 0 Å². The van der Waals surface area contributed by atoms with Crippen molar-refractivity contribution in [3.63, 3.8) is 0 Å². The van der Waals surface area contributed by atoms with E-state index >= 15 is 0 Å². The zero-order chi connectivity index (χ0) is 13.0. The van der Waals surface area contributed by atoms with E-state index in [0.29, 0.717) is 6.04 Å². The maximum absolute atomic E-state index is 3.47. The highest BCUT2D eigenvalue weighted by Crippen LogP contribution is 2.36. The Morgan fingerprint density at radius 3 is 2.61 bits per heavy atom. The molecule has 0 heterocycles. The second-order valence-corrected chi connectivity index (χ2v) is 7.00. The molecule has 0 bridgehead atoms. The van der Waals surface area contributed by atoms with E-state index in [-0.39, 0.29) is 0 Å². The fourth-order valence-corrected chi connectivity index (χ4v) is 3.78. The van der Waals surface area contributed by atoms with E-state index in [1.807, 2.05) is 0 Å². The fourth-order valence-electron chi connectivity index (χ4n) is 2.46. The number of hydrogen-bond donors (Lipinski definition) is 1. The van der Waals surface area contributed by atoms with E-state index < -0.39 is 0 Å². The quantitative estimate of drug-likeness (QED) is 0.837. The van der Waals surface area contributed by atoms with Crippen LogP contribution >= 0.6 is 11.8 Å². The summed E-state index contributed by atoms with van der Waals surface area (Å²) in [6.07, 6.45) is 5.65. The van der Waals surface area contributed by atoms with Gasteiger partial charge in [0.2, 0.25) is 0 Å². The molecule has 0 spiro atoms. The summed E-state index contributed by atoms with van der Waals surface area (Å²) in [5.74, 6) is 0. The summed E-state index contributed by atoms with van der Waals surface area (Å²) >= 11 is 2.09. The fraction of sp³-hybridized carbons (Fsp3) is 0.625. The summed E-state index contributed by atoms with van der Waals surface area (Å²) in [5, 5.41) is 4.34. The Morgan fingerprint density at radius 1 is 1.28 bits per heavy atom. The van der Waals surface area contributed by atoms with Crippen molar-refractivity contribution in [2.24, 2.45) is 0 Å². The van der Waals surface area contributed by atoms with Gasteiger partial charge < -0.3 is 5.32 Å². The van der Waals surface area contributed by atoms with Gasteiger partial charge in [-0.3, -0.25) is 0 Å². The predicted octanol–water partition coefficient (Wildman–Crippen LogP) is 4.53. The molecule has 0 aromatic heterocycles. The molecule has 1 aromatic rings. The van der Waals surface area contributed by atoms with E-state index in [4.69, 9.17) is 0 Å². The molecule has 1 fully saturated rings. The monoisotopic (exact) mass is 263 g/mol. The van der Waals surface area contributed by atoms with Crippen LogP contribution in [0.5, 0.6) is 0 Å². The van der Waals surface area contributed by atoms with Crippen molar-refractivity contribution < 1.29 is 0 Å². The minimum Gasteiger partial charge on any atom is -0.310 e. The van der Waals surface area contributed by atoms with Crippen molar-refractivity contribution in [1.82, 2.24) is 5.32 Å². The third kappa shape index (κ3) is 4.03. The summed E-state index contributed by atoms with van der Waals surface area (Å²) in [6, 6.07) is 7.49. The second kappa shape index (κ2) is 6.63. The minimum atomic E-state index is 0.554. The number of rotatable bonds is 5. The summed E-state index contributed by atoms with van der Waals surface area (Å²) in [6.45, 7) is 7.61. The van der Waals surface area contributed by atoms with Gasteiger partial charge in [-0.15, -0.1) is 11.8 Å². The lowest BCUT2D eigenvalue weighted by Gasteiger charge is -2.13. The standard InChI is InChI=1S/C16H25NS/c1-12(2)17-11-14-8-9-16(13(3)10-14)18-15-6-4-5-7-15/h8-10,12,15,17H,4-7,11H2,1-3H3. The number of thioether (sulfide) groups is 1. The molecule has 0 amide bonds. The van der Waals surface area contributed by atoms with E-state index in [9.17, 15) is 0 Å². The van der Waals surface area contributed by atoms with Crippen molar-refractivity contribution in [1.29, 1.82) is 0 Å². The van der Waals surface area contributed by atoms with E-state index in [1.165, 1.54) is 41.7 Å².